The van der Waals surface area contributed by atoms with Crippen LogP contribution in [0, 0.1) is 18.3 Å². The molecule has 0 N–H and O–H groups in total. The molecule has 0 aliphatic carbocycles. The molecule has 0 fully saturated rings. The first kappa shape index (κ1) is 10.9. The largest absolute Gasteiger partial charge is 0.241 e. The summed E-state index contributed by atoms with van der Waals surface area (Å²) in [6.45, 7) is 2.01. The maximum absolute atomic E-state index is 9.13. The van der Waals surface area contributed by atoms with Crippen LogP contribution in [0.1, 0.15) is 10.6 Å². The van der Waals surface area contributed by atoms with Gasteiger partial charge in [0.15, 0.2) is 0 Å². The number of thiazole rings is 1. The third-order valence-electron chi connectivity index (χ3n) is 2.85. The van der Waals surface area contributed by atoms with Crippen LogP contribution in [0.5, 0.6) is 0 Å². The lowest BCUT2D eigenvalue weighted by Gasteiger charge is -2.03. The van der Waals surface area contributed by atoms with Crippen LogP contribution in [0.2, 0.25) is 0 Å². The summed E-state index contributed by atoms with van der Waals surface area (Å²) in [7, 11) is 0. The van der Waals surface area contributed by atoms with E-state index in [4.69, 9.17) is 5.26 Å². The molecule has 0 saturated carbocycles. The predicted molar refractivity (Wildman–Crippen MR) is 74.5 cm³/mol. The molecule has 0 bridgehead atoms. The van der Waals surface area contributed by atoms with Crippen molar-refractivity contribution in [3.8, 4) is 17.2 Å². The summed E-state index contributed by atoms with van der Waals surface area (Å²) in [5.41, 5.74) is 3.71. The van der Waals surface area contributed by atoms with Gasteiger partial charge < -0.3 is 0 Å². The molecule has 2 nitrogen and oxygen atoms in total. The van der Waals surface area contributed by atoms with Crippen LogP contribution in [-0.2, 0) is 0 Å². The fraction of sp³-hybridized carbons (Fsp3) is 0.0667. The van der Waals surface area contributed by atoms with Crippen LogP contribution < -0.4 is 0 Å². The SMILES string of the molecule is Cc1nc2cc(-c3ccccc3C#N)ccc2s1. The molecule has 0 saturated heterocycles. The van der Waals surface area contributed by atoms with Crippen LogP contribution >= 0.6 is 11.3 Å². The molecule has 0 spiro atoms. The second kappa shape index (κ2) is 4.25. The lowest BCUT2D eigenvalue weighted by molar-refractivity contribution is 1.35. The Balaban J connectivity index is 2.22. The summed E-state index contributed by atoms with van der Waals surface area (Å²) in [6.07, 6.45) is 0. The van der Waals surface area contributed by atoms with Gasteiger partial charge in [-0.25, -0.2) is 4.98 Å². The van der Waals surface area contributed by atoms with Gasteiger partial charge in [0, 0.05) is 0 Å². The summed E-state index contributed by atoms with van der Waals surface area (Å²) in [5.74, 6) is 0. The smallest absolute Gasteiger partial charge is 0.0998 e. The molecule has 3 heteroatoms. The molecular formula is C15H10N2S. The quantitative estimate of drug-likeness (QED) is 0.650. The molecular weight excluding hydrogens is 240 g/mol. The van der Waals surface area contributed by atoms with Gasteiger partial charge in [-0.1, -0.05) is 24.3 Å². The Kier molecular flexibility index (Phi) is 2.58. The van der Waals surface area contributed by atoms with Crippen molar-refractivity contribution in [2.45, 2.75) is 6.92 Å². The number of aryl methyl sites for hydroxylation is 1. The van der Waals surface area contributed by atoms with Crippen LogP contribution in [-0.4, -0.2) is 4.98 Å². The lowest BCUT2D eigenvalue weighted by Crippen LogP contribution is -1.83. The lowest BCUT2D eigenvalue weighted by atomic mass is 10.0. The highest BCUT2D eigenvalue weighted by Gasteiger charge is 2.06. The van der Waals surface area contributed by atoms with E-state index in [2.05, 4.69) is 29.3 Å². The van der Waals surface area contributed by atoms with E-state index in [-0.39, 0.29) is 0 Å². The molecule has 18 heavy (non-hydrogen) atoms. The number of hydrogen-bond acceptors (Lipinski definition) is 3. The van der Waals surface area contributed by atoms with E-state index in [1.54, 1.807) is 11.3 Å². The molecule has 0 amide bonds. The molecule has 2 aromatic carbocycles. The summed E-state index contributed by atoms with van der Waals surface area (Å²) in [5, 5.41) is 10.2. The topological polar surface area (TPSA) is 36.7 Å². The average Bonchev–Trinajstić information content (AvgIpc) is 2.77. The van der Waals surface area contributed by atoms with Gasteiger partial charge in [-0.2, -0.15) is 5.26 Å². The molecule has 1 heterocycles. The Bertz CT molecular complexity index is 766. The zero-order valence-corrected chi connectivity index (χ0v) is 10.7. The molecule has 3 aromatic rings. The molecule has 1 aromatic heterocycles. The van der Waals surface area contributed by atoms with E-state index in [9.17, 15) is 0 Å². The molecule has 0 unspecified atom stereocenters. The normalized spacial score (nSPS) is 10.4. The van der Waals surface area contributed by atoms with Crippen molar-refractivity contribution in [2.75, 3.05) is 0 Å². The summed E-state index contributed by atoms with van der Waals surface area (Å²) in [4.78, 5) is 4.49. The third kappa shape index (κ3) is 1.77. The number of nitrogens with zero attached hydrogens (tertiary/aromatic N) is 2. The van der Waals surface area contributed by atoms with E-state index in [1.165, 1.54) is 4.70 Å². The summed E-state index contributed by atoms with van der Waals surface area (Å²) in [6, 6.07) is 16.0. The van der Waals surface area contributed by atoms with Crippen LogP contribution in [0.25, 0.3) is 21.3 Å². The number of hydrogen-bond donors (Lipinski definition) is 0. The van der Waals surface area contributed by atoms with E-state index in [1.807, 2.05) is 31.2 Å². The molecule has 3 rings (SSSR count). The first-order valence-corrected chi connectivity index (χ1v) is 6.46. The minimum Gasteiger partial charge on any atom is -0.241 e. The Hall–Kier alpha value is -2.18. The Morgan fingerprint density at radius 1 is 1.17 bits per heavy atom. The molecule has 0 atom stereocenters. The third-order valence-corrected chi connectivity index (χ3v) is 3.80. The van der Waals surface area contributed by atoms with E-state index >= 15 is 0 Å². The highest BCUT2D eigenvalue weighted by atomic mass is 32.1. The van der Waals surface area contributed by atoms with Crippen molar-refractivity contribution in [3.05, 3.63) is 53.0 Å². The van der Waals surface area contributed by atoms with Crippen molar-refractivity contribution in [3.63, 3.8) is 0 Å². The van der Waals surface area contributed by atoms with E-state index < -0.39 is 0 Å². The number of benzene rings is 2. The maximum Gasteiger partial charge on any atom is 0.0998 e. The Labute approximate surface area is 109 Å². The van der Waals surface area contributed by atoms with Gasteiger partial charge in [0.2, 0.25) is 0 Å². The molecule has 0 aliphatic rings. The van der Waals surface area contributed by atoms with Gasteiger partial charge in [0.25, 0.3) is 0 Å². The highest BCUT2D eigenvalue weighted by Crippen LogP contribution is 2.29. The van der Waals surface area contributed by atoms with Crippen molar-refractivity contribution in [1.82, 2.24) is 4.98 Å². The molecule has 86 valence electrons. The second-order valence-electron chi connectivity index (χ2n) is 4.07. The van der Waals surface area contributed by atoms with Crippen LogP contribution in [0.4, 0.5) is 0 Å². The number of nitriles is 1. The van der Waals surface area contributed by atoms with E-state index in [0.717, 1.165) is 21.7 Å². The van der Waals surface area contributed by atoms with Gasteiger partial charge >= 0.3 is 0 Å². The monoisotopic (exact) mass is 250 g/mol. The molecule has 0 aliphatic heterocycles. The van der Waals surface area contributed by atoms with Gasteiger partial charge in [-0.3, -0.25) is 0 Å². The molecule has 0 radical (unpaired) electrons. The maximum atomic E-state index is 9.13. The van der Waals surface area contributed by atoms with Gasteiger partial charge in [-0.15, -0.1) is 11.3 Å². The van der Waals surface area contributed by atoms with Gasteiger partial charge in [-0.05, 0) is 36.2 Å². The van der Waals surface area contributed by atoms with Crippen molar-refractivity contribution in [1.29, 1.82) is 5.26 Å². The van der Waals surface area contributed by atoms with Crippen LogP contribution in [0.15, 0.2) is 42.5 Å². The fourth-order valence-electron chi connectivity index (χ4n) is 2.04. The van der Waals surface area contributed by atoms with Gasteiger partial charge in [0.1, 0.15) is 0 Å². The minimum absolute atomic E-state index is 0.698. The van der Waals surface area contributed by atoms with Crippen LogP contribution in [0.3, 0.4) is 0 Å². The van der Waals surface area contributed by atoms with Crippen molar-refractivity contribution >= 4 is 21.6 Å². The van der Waals surface area contributed by atoms with Crippen molar-refractivity contribution in [2.24, 2.45) is 0 Å². The zero-order chi connectivity index (χ0) is 12.5. The Morgan fingerprint density at radius 2 is 2.00 bits per heavy atom. The Morgan fingerprint density at radius 3 is 2.83 bits per heavy atom. The minimum atomic E-state index is 0.698. The van der Waals surface area contributed by atoms with Gasteiger partial charge in [0.05, 0.1) is 26.9 Å². The number of aromatic nitrogens is 1. The zero-order valence-electron chi connectivity index (χ0n) is 9.84. The highest BCUT2D eigenvalue weighted by molar-refractivity contribution is 7.18. The standard InChI is InChI=1S/C15H10N2S/c1-10-17-14-8-11(6-7-15(14)18-10)13-5-3-2-4-12(13)9-16/h2-8H,1H3. The first-order chi connectivity index (χ1) is 8.78. The fourth-order valence-corrected chi connectivity index (χ4v) is 2.85. The average molecular weight is 250 g/mol. The summed E-state index contributed by atoms with van der Waals surface area (Å²) >= 11 is 1.69. The second-order valence-corrected chi connectivity index (χ2v) is 5.31. The van der Waals surface area contributed by atoms with Crippen molar-refractivity contribution < 1.29 is 0 Å². The number of fused-ring (bicyclic) bond motifs is 1. The summed E-state index contributed by atoms with van der Waals surface area (Å²) < 4.78 is 1.19. The first-order valence-electron chi connectivity index (χ1n) is 5.64. The number of rotatable bonds is 1. The predicted octanol–water partition coefficient (Wildman–Crippen LogP) is 4.14. The van der Waals surface area contributed by atoms with E-state index in [0.29, 0.717) is 5.56 Å².